The van der Waals surface area contributed by atoms with Crippen LogP contribution < -0.4 is 4.90 Å². The molecular formula is C17H24N2O2. The Labute approximate surface area is 126 Å². The fraction of sp³-hybridized carbons (Fsp3) is 0.647. The minimum Gasteiger partial charge on any atom is -0.478 e. The number of aromatic nitrogens is 1. The number of aryl methyl sites for hydroxylation is 2. The number of fused-ring (bicyclic) bond motifs is 1. The van der Waals surface area contributed by atoms with Gasteiger partial charge >= 0.3 is 5.97 Å². The van der Waals surface area contributed by atoms with Gasteiger partial charge in [-0.3, -0.25) is 0 Å². The van der Waals surface area contributed by atoms with Crippen LogP contribution in [-0.2, 0) is 12.8 Å². The lowest BCUT2D eigenvalue weighted by molar-refractivity contribution is 0.0697. The van der Waals surface area contributed by atoms with Crippen LogP contribution in [0.15, 0.2) is 6.07 Å². The van der Waals surface area contributed by atoms with Crippen molar-refractivity contribution in [2.75, 3.05) is 11.4 Å². The van der Waals surface area contributed by atoms with Crippen molar-refractivity contribution in [1.29, 1.82) is 0 Å². The molecule has 3 rings (SSSR count). The third kappa shape index (κ3) is 2.76. The Morgan fingerprint density at radius 1 is 1.29 bits per heavy atom. The topological polar surface area (TPSA) is 53.4 Å². The highest BCUT2D eigenvalue weighted by atomic mass is 16.4. The van der Waals surface area contributed by atoms with Crippen LogP contribution in [0.3, 0.4) is 0 Å². The molecule has 0 atom stereocenters. The molecule has 0 bridgehead atoms. The Hall–Kier alpha value is -1.58. The number of carbonyl (C=O) groups is 1. The molecule has 1 fully saturated rings. The summed E-state index contributed by atoms with van der Waals surface area (Å²) in [4.78, 5) is 18.7. The van der Waals surface area contributed by atoms with E-state index in [2.05, 4.69) is 11.8 Å². The van der Waals surface area contributed by atoms with Crippen molar-refractivity contribution in [2.45, 2.75) is 64.3 Å². The molecule has 1 N–H and O–H groups in total. The SMILES string of the molecule is CCN(c1nc2c(cc1C(=O)O)CCC2)C1CCCCC1. The van der Waals surface area contributed by atoms with Crippen LogP contribution in [0.2, 0.25) is 0 Å². The maximum Gasteiger partial charge on any atom is 0.339 e. The van der Waals surface area contributed by atoms with E-state index in [1.54, 1.807) is 0 Å². The number of aromatic carboxylic acids is 1. The third-order valence-electron chi connectivity index (χ3n) is 4.89. The fourth-order valence-electron chi connectivity index (χ4n) is 3.81. The Bertz CT molecular complexity index is 536. The van der Waals surface area contributed by atoms with E-state index in [0.29, 0.717) is 17.4 Å². The van der Waals surface area contributed by atoms with Crippen molar-refractivity contribution in [3.05, 3.63) is 22.9 Å². The maximum absolute atomic E-state index is 11.7. The minimum atomic E-state index is -0.846. The number of hydrogen-bond acceptors (Lipinski definition) is 3. The molecule has 1 aromatic rings. The highest BCUT2D eigenvalue weighted by Gasteiger charge is 2.27. The van der Waals surface area contributed by atoms with Gasteiger partial charge in [-0.25, -0.2) is 9.78 Å². The van der Waals surface area contributed by atoms with Gasteiger partial charge in [-0.1, -0.05) is 19.3 Å². The summed E-state index contributed by atoms with van der Waals surface area (Å²) in [6.07, 6.45) is 9.17. The Morgan fingerprint density at radius 2 is 2.05 bits per heavy atom. The second kappa shape index (κ2) is 6.04. The Kier molecular flexibility index (Phi) is 4.13. The second-order valence-electron chi connectivity index (χ2n) is 6.20. The monoisotopic (exact) mass is 288 g/mol. The van der Waals surface area contributed by atoms with E-state index in [1.165, 1.54) is 19.3 Å². The molecule has 114 valence electrons. The van der Waals surface area contributed by atoms with Gasteiger partial charge in [0.2, 0.25) is 0 Å². The van der Waals surface area contributed by atoms with Crippen LogP contribution in [-0.4, -0.2) is 28.6 Å². The molecule has 1 heterocycles. The zero-order valence-corrected chi connectivity index (χ0v) is 12.8. The molecule has 21 heavy (non-hydrogen) atoms. The van der Waals surface area contributed by atoms with Gasteiger partial charge in [-0.2, -0.15) is 0 Å². The van der Waals surface area contributed by atoms with E-state index in [-0.39, 0.29) is 0 Å². The van der Waals surface area contributed by atoms with E-state index >= 15 is 0 Å². The molecule has 0 saturated heterocycles. The van der Waals surface area contributed by atoms with Crippen molar-refractivity contribution in [1.82, 2.24) is 4.98 Å². The molecule has 1 aromatic heterocycles. The van der Waals surface area contributed by atoms with Crippen LogP contribution >= 0.6 is 0 Å². The summed E-state index contributed by atoms with van der Waals surface area (Å²) in [5.74, 6) is -0.140. The lowest BCUT2D eigenvalue weighted by Crippen LogP contribution is -2.38. The van der Waals surface area contributed by atoms with E-state index in [4.69, 9.17) is 4.98 Å². The Balaban J connectivity index is 1.99. The van der Waals surface area contributed by atoms with Crippen LogP contribution in [0.1, 0.15) is 67.1 Å². The Morgan fingerprint density at radius 3 is 2.71 bits per heavy atom. The van der Waals surface area contributed by atoms with Crippen LogP contribution in [0, 0.1) is 0 Å². The first-order valence-corrected chi connectivity index (χ1v) is 8.23. The summed E-state index contributed by atoms with van der Waals surface area (Å²) >= 11 is 0. The van der Waals surface area contributed by atoms with Gasteiger partial charge in [-0.15, -0.1) is 0 Å². The average Bonchev–Trinajstić information content (AvgIpc) is 2.95. The molecular weight excluding hydrogens is 264 g/mol. The largest absolute Gasteiger partial charge is 0.478 e. The summed E-state index contributed by atoms with van der Waals surface area (Å²) in [6.45, 7) is 2.94. The smallest absolute Gasteiger partial charge is 0.339 e. The lowest BCUT2D eigenvalue weighted by atomic mass is 9.94. The normalized spacial score (nSPS) is 18.5. The molecule has 2 aliphatic rings. The van der Waals surface area contributed by atoms with Gasteiger partial charge in [0.25, 0.3) is 0 Å². The standard InChI is InChI=1S/C17H24N2O2/c1-2-19(13-8-4-3-5-9-13)16-14(17(20)21)11-12-7-6-10-15(12)18-16/h11,13H,2-10H2,1H3,(H,20,21). The third-order valence-corrected chi connectivity index (χ3v) is 4.89. The number of carboxylic acid groups (broad SMARTS) is 1. The molecule has 0 radical (unpaired) electrons. The molecule has 0 aromatic carbocycles. The molecule has 4 nitrogen and oxygen atoms in total. The minimum absolute atomic E-state index is 0.392. The van der Waals surface area contributed by atoms with Crippen molar-refractivity contribution in [2.24, 2.45) is 0 Å². The second-order valence-corrected chi connectivity index (χ2v) is 6.20. The van der Waals surface area contributed by atoms with Gasteiger partial charge in [0.1, 0.15) is 11.4 Å². The molecule has 0 amide bonds. The summed E-state index contributed by atoms with van der Waals surface area (Å²) in [7, 11) is 0. The quantitative estimate of drug-likeness (QED) is 0.922. The average molecular weight is 288 g/mol. The number of nitrogens with zero attached hydrogens (tertiary/aromatic N) is 2. The van der Waals surface area contributed by atoms with Crippen LogP contribution in [0.25, 0.3) is 0 Å². The maximum atomic E-state index is 11.7. The zero-order chi connectivity index (χ0) is 14.8. The van der Waals surface area contributed by atoms with Crippen molar-refractivity contribution < 1.29 is 9.90 Å². The zero-order valence-electron chi connectivity index (χ0n) is 12.8. The van der Waals surface area contributed by atoms with E-state index in [0.717, 1.165) is 49.9 Å². The first-order chi connectivity index (χ1) is 10.2. The summed E-state index contributed by atoms with van der Waals surface area (Å²) in [5.41, 5.74) is 2.64. The number of pyridine rings is 1. The first kappa shape index (κ1) is 14.4. The van der Waals surface area contributed by atoms with Crippen LogP contribution in [0.4, 0.5) is 5.82 Å². The van der Waals surface area contributed by atoms with Gasteiger partial charge in [0.05, 0.1) is 0 Å². The van der Waals surface area contributed by atoms with E-state index < -0.39 is 5.97 Å². The highest BCUT2D eigenvalue weighted by molar-refractivity contribution is 5.93. The molecule has 0 unspecified atom stereocenters. The predicted octanol–water partition coefficient (Wildman–Crippen LogP) is 3.43. The van der Waals surface area contributed by atoms with Gasteiger partial charge in [-0.05, 0) is 50.7 Å². The summed E-state index contributed by atoms with van der Waals surface area (Å²) in [5, 5.41) is 9.57. The van der Waals surface area contributed by atoms with Crippen LogP contribution in [0.5, 0.6) is 0 Å². The van der Waals surface area contributed by atoms with Gasteiger partial charge < -0.3 is 10.0 Å². The number of anilines is 1. The predicted molar refractivity (Wildman–Crippen MR) is 83.1 cm³/mol. The highest BCUT2D eigenvalue weighted by Crippen LogP contribution is 2.31. The van der Waals surface area contributed by atoms with Crippen molar-refractivity contribution in [3.8, 4) is 0 Å². The summed E-state index contributed by atoms with van der Waals surface area (Å²) < 4.78 is 0. The van der Waals surface area contributed by atoms with E-state index in [1.807, 2.05) is 6.07 Å². The van der Waals surface area contributed by atoms with Gasteiger partial charge in [0, 0.05) is 18.3 Å². The molecule has 0 aliphatic heterocycles. The summed E-state index contributed by atoms with van der Waals surface area (Å²) in [6, 6.07) is 2.33. The lowest BCUT2D eigenvalue weighted by Gasteiger charge is -2.35. The molecule has 4 heteroatoms. The number of hydrogen-bond donors (Lipinski definition) is 1. The van der Waals surface area contributed by atoms with Gasteiger partial charge in [0.15, 0.2) is 0 Å². The van der Waals surface area contributed by atoms with Crippen molar-refractivity contribution >= 4 is 11.8 Å². The molecule has 2 aliphatic carbocycles. The fourth-order valence-corrected chi connectivity index (χ4v) is 3.81. The number of carboxylic acids is 1. The van der Waals surface area contributed by atoms with E-state index in [9.17, 15) is 9.90 Å². The van der Waals surface area contributed by atoms with Crippen molar-refractivity contribution in [3.63, 3.8) is 0 Å². The molecule has 0 spiro atoms. The molecule has 1 saturated carbocycles. The number of rotatable bonds is 4. The first-order valence-electron chi connectivity index (χ1n) is 8.23.